The van der Waals surface area contributed by atoms with Crippen LogP contribution >= 0.6 is 0 Å². The van der Waals surface area contributed by atoms with Crippen LogP contribution in [0.15, 0.2) is 18.2 Å². The Labute approximate surface area is 88.4 Å². The van der Waals surface area contributed by atoms with E-state index >= 15 is 0 Å². The van der Waals surface area contributed by atoms with Crippen molar-refractivity contribution in [1.82, 2.24) is 0 Å². The molecule has 1 aromatic carbocycles. The molecule has 0 fully saturated rings. The van der Waals surface area contributed by atoms with Crippen LogP contribution in [0.1, 0.15) is 24.2 Å². The monoisotopic (exact) mass is 209 g/mol. The van der Waals surface area contributed by atoms with Gasteiger partial charge in [-0.3, -0.25) is 0 Å². The lowest BCUT2D eigenvalue weighted by atomic mass is 10.2. The van der Waals surface area contributed by atoms with Gasteiger partial charge >= 0.3 is 0 Å². The lowest BCUT2D eigenvalue weighted by Crippen LogP contribution is -2.22. The van der Waals surface area contributed by atoms with Gasteiger partial charge in [-0.15, -0.1) is 0 Å². The summed E-state index contributed by atoms with van der Waals surface area (Å²) < 4.78 is 10.3. The fourth-order valence-electron chi connectivity index (χ4n) is 1.19. The van der Waals surface area contributed by atoms with Gasteiger partial charge in [-0.05, 0) is 26.0 Å². The first kappa shape index (κ1) is 11.4. The van der Waals surface area contributed by atoms with Crippen LogP contribution in [0.3, 0.4) is 0 Å². The van der Waals surface area contributed by atoms with Crippen molar-refractivity contribution in [2.45, 2.75) is 20.0 Å². The number of ether oxygens (including phenoxy) is 2. The number of methoxy groups -OCH3 is 1. The highest BCUT2D eigenvalue weighted by molar-refractivity contribution is 5.89. The second-order valence-electron chi connectivity index (χ2n) is 3.32. The molecule has 4 heteroatoms. The molecule has 0 radical (unpaired) electrons. The Morgan fingerprint density at radius 3 is 2.53 bits per heavy atom. The van der Waals surface area contributed by atoms with E-state index in [9.17, 15) is 9.90 Å². The molecule has 0 aliphatic rings. The van der Waals surface area contributed by atoms with Gasteiger partial charge in [0.05, 0.1) is 19.2 Å². The molecule has 0 saturated heterocycles. The van der Waals surface area contributed by atoms with E-state index in [0.29, 0.717) is 5.75 Å². The van der Waals surface area contributed by atoms with E-state index in [-0.39, 0.29) is 17.4 Å². The number of aromatic carboxylic acids is 1. The molecule has 0 heterocycles. The van der Waals surface area contributed by atoms with Crippen molar-refractivity contribution in [1.29, 1.82) is 0 Å². The number of benzene rings is 1. The van der Waals surface area contributed by atoms with Gasteiger partial charge in [0.2, 0.25) is 0 Å². The highest BCUT2D eigenvalue weighted by Crippen LogP contribution is 2.24. The zero-order valence-electron chi connectivity index (χ0n) is 8.94. The molecule has 0 bridgehead atoms. The molecule has 0 spiro atoms. The summed E-state index contributed by atoms with van der Waals surface area (Å²) in [5.74, 6) is -0.442. The van der Waals surface area contributed by atoms with Crippen molar-refractivity contribution in [3.63, 3.8) is 0 Å². The van der Waals surface area contributed by atoms with Crippen LogP contribution in [0.5, 0.6) is 11.5 Å². The van der Waals surface area contributed by atoms with E-state index in [4.69, 9.17) is 9.47 Å². The van der Waals surface area contributed by atoms with Gasteiger partial charge in [-0.25, -0.2) is 0 Å². The summed E-state index contributed by atoms with van der Waals surface area (Å²) in [6.45, 7) is 3.78. The third-order valence-corrected chi connectivity index (χ3v) is 1.76. The second kappa shape index (κ2) is 4.68. The molecule has 82 valence electrons. The average Bonchev–Trinajstić information content (AvgIpc) is 2.16. The van der Waals surface area contributed by atoms with Crippen LogP contribution in [0.4, 0.5) is 0 Å². The van der Waals surface area contributed by atoms with Gasteiger partial charge in [-0.2, -0.15) is 0 Å². The predicted molar refractivity (Wildman–Crippen MR) is 53.1 cm³/mol. The molecular weight excluding hydrogens is 196 g/mol. The van der Waals surface area contributed by atoms with Crippen LogP contribution in [-0.4, -0.2) is 19.2 Å². The van der Waals surface area contributed by atoms with E-state index in [1.165, 1.54) is 19.2 Å². The first-order chi connectivity index (χ1) is 7.04. The minimum absolute atomic E-state index is 0.0219. The number of hydrogen-bond acceptors (Lipinski definition) is 4. The van der Waals surface area contributed by atoms with E-state index < -0.39 is 5.97 Å². The lowest BCUT2D eigenvalue weighted by Gasteiger charge is -2.13. The third kappa shape index (κ3) is 2.87. The Morgan fingerprint density at radius 1 is 1.40 bits per heavy atom. The molecule has 0 atom stereocenters. The molecule has 0 aliphatic carbocycles. The van der Waals surface area contributed by atoms with Gasteiger partial charge in [0.1, 0.15) is 11.5 Å². The van der Waals surface area contributed by atoms with Crippen LogP contribution in [0.25, 0.3) is 0 Å². The summed E-state index contributed by atoms with van der Waals surface area (Å²) >= 11 is 0. The summed E-state index contributed by atoms with van der Waals surface area (Å²) in [5, 5.41) is 10.7. The van der Waals surface area contributed by atoms with Gasteiger partial charge in [-0.1, -0.05) is 0 Å². The number of carboxylic acids is 1. The predicted octanol–water partition coefficient (Wildman–Crippen LogP) is 0.846. The van der Waals surface area contributed by atoms with Crippen molar-refractivity contribution in [3.05, 3.63) is 23.8 Å². The normalized spacial score (nSPS) is 10.1. The van der Waals surface area contributed by atoms with Crippen LogP contribution in [0, 0.1) is 0 Å². The highest BCUT2D eigenvalue weighted by atomic mass is 16.5. The number of hydrogen-bond donors (Lipinski definition) is 0. The minimum Gasteiger partial charge on any atom is -0.545 e. The van der Waals surface area contributed by atoms with Crippen LogP contribution in [-0.2, 0) is 0 Å². The molecular formula is C11H13O4-. The van der Waals surface area contributed by atoms with Crippen molar-refractivity contribution < 1.29 is 19.4 Å². The SMILES string of the molecule is COc1cc(OC(C)C)ccc1C(=O)[O-]. The molecule has 1 rings (SSSR count). The molecule has 0 aromatic heterocycles. The summed E-state index contributed by atoms with van der Waals surface area (Å²) in [4.78, 5) is 10.7. The second-order valence-corrected chi connectivity index (χ2v) is 3.32. The van der Waals surface area contributed by atoms with Crippen molar-refractivity contribution >= 4 is 5.97 Å². The number of carbonyl (C=O) groups excluding carboxylic acids is 1. The first-order valence-electron chi connectivity index (χ1n) is 4.60. The summed E-state index contributed by atoms with van der Waals surface area (Å²) in [6, 6.07) is 4.52. The molecule has 0 amide bonds. The van der Waals surface area contributed by atoms with Gasteiger partial charge < -0.3 is 19.4 Å². The summed E-state index contributed by atoms with van der Waals surface area (Å²) in [7, 11) is 1.40. The van der Waals surface area contributed by atoms with E-state index in [1.807, 2.05) is 13.8 Å². The van der Waals surface area contributed by atoms with Crippen molar-refractivity contribution in [2.75, 3.05) is 7.11 Å². The largest absolute Gasteiger partial charge is 0.545 e. The van der Waals surface area contributed by atoms with Crippen LogP contribution in [0.2, 0.25) is 0 Å². The maximum Gasteiger partial charge on any atom is 0.131 e. The molecule has 0 saturated carbocycles. The smallest absolute Gasteiger partial charge is 0.131 e. The Morgan fingerprint density at radius 2 is 2.07 bits per heavy atom. The first-order valence-corrected chi connectivity index (χ1v) is 4.60. The molecule has 0 aliphatic heterocycles. The molecule has 1 aromatic rings. The molecule has 15 heavy (non-hydrogen) atoms. The van der Waals surface area contributed by atoms with Gasteiger partial charge in [0, 0.05) is 11.6 Å². The third-order valence-electron chi connectivity index (χ3n) is 1.76. The fraction of sp³-hybridized carbons (Fsp3) is 0.364. The van der Waals surface area contributed by atoms with Gasteiger partial charge in [0.15, 0.2) is 0 Å². The fourth-order valence-corrected chi connectivity index (χ4v) is 1.19. The summed E-state index contributed by atoms with van der Waals surface area (Å²) in [5.41, 5.74) is 0.0219. The lowest BCUT2D eigenvalue weighted by molar-refractivity contribution is -0.255. The Hall–Kier alpha value is -1.71. The zero-order valence-corrected chi connectivity index (χ0v) is 8.94. The maximum absolute atomic E-state index is 10.7. The number of carbonyl (C=O) groups is 1. The maximum atomic E-state index is 10.7. The molecule has 0 unspecified atom stereocenters. The Bertz CT molecular complexity index is 358. The Balaban J connectivity index is 3.02. The molecule has 0 N–H and O–H groups in total. The quantitative estimate of drug-likeness (QED) is 0.737. The highest BCUT2D eigenvalue weighted by Gasteiger charge is 2.06. The topological polar surface area (TPSA) is 58.6 Å². The standard InChI is InChI=1S/C11H14O4/c1-7(2)15-8-4-5-9(11(12)13)10(6-8)14-3/h4-7H,1-3H3,(H,12,13)/p-1. The van der Waals surface area contributed by atoms with Crippen LogP contribution < -0.4 is 14.6 Å². The number of rotatable bonds is 4. The Kier molecular flexibility index (Phi) is 3.55. The molecule has 4 nitrogen and oxygen atoms in total. The van der Waals surface area contributed by atoms with Crippen molar-refractivity contribution in [3.8, 4) is 11.5 Å². The van der Waals surface area contributed by atoms with Crippen molar-refractivity contribution in [2.24, 2.45) is 0 Å². The average molecular weight is 209 g/mol. The number of carboxylic acid groups (broad SMARTS) is 1. The minimum atomic E-state index is -1.26. The van der Waals surface area contributed by atoms with E-state index in [0.717, 1.165) is 0 Å². The van der Waals surface area contributed by atoms with Gasteiger partial charge in [0.25, 0.3) is 0 Å². The van der Waals surface area contributed by atoms with E-state index in [2.05, 4.69) is 0 Å². The summed E-state index contributed by atoms with van der Waals surface area (Å²) in [6.07, 6.45) is 0.0310. The van der Waals surface area contributed by atoms with E-state index in [1.54, 1.807) is 6.07 Å². The zero-order chi connectivity index (χ0) is 11.4.